The molecule has 0 saturated carbocycles. The van der Waals surface area contributed by atoms with Gasteiger partial charge in [0.05, 0.1) is 0 Å². The van der Waals surface area contributed by atoms with E-state index in [1.165, 1.54) is 12.1 Å². The molecule has 0 saturated heterocycles. The molecule has 2 heteroatoms. The summed E-state index contributed by atoms with van der Waals surface area (Å²) >= 11 is 0. The van der Waals surface area contributed by atoms with Crippen LogP contribution in [-0.4, -0.2) is 5.54 Å². The van der Waals surface area contributed by atoms with E-state index in [0.29, 0.717) is 0 Å². The standard InChI is InChI=1S/C11H16FN/c1-3-11(2,13)8-9-4-6-10(12)7-5-9/h4-7H,3,8,13H2,1-2H3. The normalized spacial score (nSPS) is 15.4. The molecule has 2 N–H and O–H groups in total. The highest BCUT2D eigenvalue weighted by Gasteiger charge is 2.15. The van der Waals surface area contributed by atoms with E-state index in [1.807, 2.05) is 6.92 Å². The van der Waals surface area contributed by atoms with Crippen molar-refractivity contribution >= 4 is 0 Å². The van der Waals surface area contributed by atoms with Gasteiger partial charge < -0.3 is 5.73 Å². The predicted octanol–water partition coefficient (Wildman–Crippen LogP) is 2.50. The van der Waals surface area contributed by atoms with Gasteiger partial charge in [0, 0.05) is 5.54 Å². The summed E-state index contributed by atoms with van der Waals surface area (Å²) in [6, 6.07) is 6.52. The zero-order valence-electron chi connectivity index (χ0n) is 8.18. The van der Waals surface area contributed by atoms with Crippen molar-refractivity contribution in [2.45, 2.75) is 32.2 Å². The molecule has 0 heterocycles. The Hall–Kier alpha value is -0.890. The zero-order valence-corrected chi connectivity index (χ0v) is 8.18. The summed E-state index contributed by atoms with van der Waals surface area (Å²) in [4.78, 5) is 0. The first-order chi connectivity index (χ1) is 6.03. The second-order valence-corrected chi connectivity index (χ2v) is 3.81. The first kappa shape index (κ1) is 10.2. The van der Waals surface area contributed by atoms with Gasteiger partial charge in [-0.15, -0.1) is 0 Å². The van der Waals surface area contributed by atoms with Crippen molar-refractivity contribution in [1.82, 2.24) is 0 Å². The fourth-order valence-corrected chi connectivity index (χ4v) is 1.19. The highest BCUT2D eigenvalue weighted by molar-refractivity contribution is 5.18. The topological polar surface area (TPSA) is 26.0 Å². The Bertz CT molecular complexity index is 264. The summed E-state index contributed by atoms with van der Waals surface area (Å²) in [7, 11) is 0. The van der Waals surface area contributed by atoms with Gasteiger partial charge in [-0.3, -0.25) is 0 Å². The second-order valence-electron chi connectivity index (χ2n) is 3.81. The Morgan fingerprint density at radius 3 is 2.31 bits per heavy atom. The smallest absolute Gasteiger partial charge is 0.123 e. The molecular weight excluding hydrogens is 165 g/mol. The lowest BCUT2D eigenvalue weighted by atomic mass is 9.91. The zero-order chi connectivity index (χ0) is 9.90. The fraction of sp³-hybridized carbons (Fsp3) is 0.455. The number of benzene rings is 1. The number of hydrogen-bond donors (Lipinski definition) is 1. The third-order valence-electron chi connectivity index (χ3n) is 2.33. The van der Waals surface area contributed by atoms with Crippen molar-refractivity contribution in [2.75, 3.05) is 0 Å². The minimum absolute atomic E-state index is 0.183. The van der Waals surface area contributed by atoms with Gasteiger partial charge in [-0.25, -0.2) is 4.39 Å². The van der Waals surface area contributed by atoms with E-state index in [4.69, 9.17) is 5.73 Å². The molecule has 0 radical (unpaired) electrons. The molecule has 1 aromatic carbocycles. The molecule has 1 rings (SSSR count). The van der Waals surface area contributed by atoms with Gasteiger partial charge in [-0.2, -0.15) is 0 Å². The van der Waals surface area contributed by atoms with Crippen LogP contribution in [0.2, 0.25) is 0 Å². The van der Waals surface area contributed by atoms with E-state index in [2.05, 4.69) is 6.92 Å². The highest BCUT2D eigenvalue weighted by atomic mass is 19.1. The number of hydrogen-bond acceptors (Lipinski definition) is 1. The van der Waals surface area contributed by atoms with Crippen LogP contribution in [0, 0.1) is 5.82 Å². The summed E-state index contributed by atoms with van der Waals surface area (Å²) < 4.78 is 12.6. The third-order valence-corrected chi connectivity index (χ3v) is 2.33. The van der Waals surface area contributed by atoms with Gasteiger partial charge in [-0.1, -0.05) is 19.1 Å². The number of halogens is 1. The maximum atomic E-state index is 12.6. The molecule has 1 unspecified atom stereocenters. The molecule has 0 amide bonds. The van der Waals surface area contributed by atoms with Crippen LogP contribution in [0.4, 0.5) is 4.39 Å². The van der Waals surface area contributed by atoms with Crippen LogP contribution >= 0.6 is 0 Å². The van der Waals surface area contributed by atoms with Crippen molar-refractivity contribution in [2.24, 2.45) is 5.73 Å². The van der Waals surface area contributed by atoms with Crippen molar-refractivity contribution in [1.29, 1.82) is 0 Å². The lowest BCUT2D eigenvalue weighted by molar-refractivity contribution is 0.449. The minimum atomic E-state index is -0.195. The molecule has 1 nitrogen and oxygen atoms in total. The lowest BCUT2D eigenvalue weighted by Crippen LogP contribution is -2.37. The molecule has 1 atom stereocenters. The van der Waals surface area contributed by atoms with Gasteiger partial charge in [-0.05, 0) is 37.5 Å². The first-order valence-electron chi connectivity index (χ1n) is 4.57. The molecule has 0 aliphatic rings. The molecule has 0 aliphatic heterocycles. The summed E-state index contributed by atoms with van der Waals surface area (Å²) in [6.45, 7) is 4.07. The molecular formula is C11H16FN. The Morgan fingerprint density at radius 1 is 1.31 bits per heavy atom. The predicted molar refractivity (Wildman–Crippen MR) is 53.0 cm³/mol. The van der Waals surface area contributed by atoms with E-state index >= 15 is 0 Å². The Labute approximate surface area is 78.8 Å². The summed E-state index contributed by atoms with van der Waals surface area (Å²) in [5, 5.41) is 0. The van der Waals surface area contributed by atoms with Crippen molar-refractivity contribution in [3.8, 4) is 0 Å². The molecule has 1 aromatic rings. The van der Waals surface area contributed by atoms with E-state index in [-0.39, 0.29) is 11.4 Å². The van der Waals surface area contributed by atoms with Crippen molar-refractivity contribution in [3.05, 3.63) is 35.6 Å². The van der Waals surface area contributed by atoms with Crippen LogP contribution in [0.5, 0.6) is 0 Å². The number of nitrogens with two attached hydrogens (primary N) is 1. The maximum absolute atomic E-state index is 12.6. The average Bonchev–Trinajstić information content (AvgIpc) is 2.09. The summed E-state index contributed by atoms with van der Waals surface area (Å²) in [6.07, 6.45) is 1.72. The van der Waals surface area contributed by atoms with Crippen molar-refractivity contribution < 1.29 is 4.39 Å². The molecule has 0 spiro atoms. The number of rotatable bonds is 3. The SMILES string of the molecule is CCC(C)(N)Cc1ccc(F)cc1. The van der Waals surface area contributed by atoms with Crippen LogP contribution in [0.25, 0.3) is 0 Å². The van der Waals surface area contributed by atoms with Gasteiger partial charge in [0.2, 0.25) is 0 Å². The minimum Gasteiger partial charge on any atom is -0.325 e. The van der Waals surface area contributed by atoms with E-state index in [1.54, 1.807) is 12.1 Å². The second kappa shape index (κ2) is 3.88. The molecule has 0 aromatic heterocycles. The van der Waals surface area contributed by atoms with Gasteiger partial charge in [0.1, 0.15) is 5.82 Å². The molecule has 0 bridgehead atoms. The first-order valence-corrected chi connectivity index (χ1v) is 4.57. The Kier molecular flexibility index (Phi) is 3.04. The summed E-state index contributed by atoms with van der Waals surface area (Å²) in [5.41, 5.74) is 6.90. The van der Waals surface area contributed by atoms with Crippen LogP contribution < -0.4 is 5.73 Å². The van der Waals surface area contributed by atoms with Crippen LogP contribution in [0.3, 0.4) is 0 Å². The monoisotopic (exact) mass is 181 g/mol. The van der Waals surface area contributed by atoms with Crippen LogP contribution in [0.1, 0.15) is 25.8 Å². The molecule has 72 valence electrons. The van der Waals surface area contributed by atoms with E-state index in [0.717, 1.165) is 18.4 Å². The quantitative estimate of drug-likeness (QED) is 0.761. The largest absolute Gasteiger partial charge is 0.325 e. The van der Waals surface area contributed by atoms with Gasteiger partial charge >= 0.3 is 0 Å². The fourth-order valence-electron chi connectivity index (χ4n) is 1.19. The van der Waals surface area contributed by atoms with Crippen molar-refractivity contribution in [3.63, 3.8) is 0 Å². The van der Waals surface area contributed by atoms with Crippen LogP contribution in [0.15, 0.2) is 24.3 Å². The Balaban J connectivity index is 2.69. The molecule has 0 aliphatic carbocycles. The molecule has 0 fully saturated rings. The summed E-state index contributed by atoms with van der Waals surface area (Å²) in [5.74, 6) is -0.195. The maximum Gasteiger partial charge on any atom is 0.123 e. The van der Waals surface area contributed by atoms with Gasteiger partial charge in [0.15, 0.2) is 0 Å². The van der Waals surface area contributed by atoms with Crippen LogP contribution in [-0.2, 0) is 6.42 Å². The lowest BCUT2D eigenvalue weighted by Gasteiger charge is -2.22. The Morgan fingerprint density at radius 2 is 1.85 bits per heavy atom. The van der Waals surface area contributed by atoms with Gasteiger partial charge in [0.25, 0.3) is 0 Å². The average molecular weight is 181 g/mol. The highest BCUT2D eigenvalue weighted by Crippen LogP contribution is 2.14. The molecule has 13 heavy (non-hydrogen) atoms. The van der Waals surface area contributed by atoms with E-state index in [9.17, 15) is 4.39 Å². The third kappa shape index (κ3) is 3.15. The van der Waals surface area contributed by atoms with E-state index < -0.39 is 0 Å².